The highest BCUT2D eigenvalue weighted by Crippen LogP contribution is 2.20. The third-order valence-electron chi connectivity index (χ3n) is 4.18. The van der Waals surface area contributed by atoms with Gasteiger partial charge in [0.1, 0.15) is 0 Å². The van der Waals surface area contributed by atoms with Crippen molar-refractivity contribution in [3.63, 3.8) is 0 Å². The van der Waals surface area contributed by atoms with E-state index in [4.69, 9.17) is 4.74 Å². The van der Waals surface area contributed by atoms with Crippen LogP contribution < -0.4 is 0 Å². The molecule has 1 heterocycles. The summed E-state index contributed by atoms with van der Waals surface area (Å²) in [5.41, 5.74) is 1.90. The van der Waals surface area contributed by atoms with Gasteiger partial charge in [0.15, 0.2) is 11.9 Å². The maximum atomic E-state index is 12.6. The highest BCUT2D eigenvalue weighted by molar-refractivity contribution is 6.10. The first-order chi connectivity index (χ1) is 12.6. The van der Waals surface area contributed by atoms with Crippen LogP contribution in [0.4, 0.5) is 0 Å². The number of H-pyrrole nitrogens is 1. The molecule has 3 rings (SSSR count). The first-order valence-corrected chi connectivity index (χ1v) is 8.44. The zero-order chi connectivity index (χ0) is 18.5. The number of nitrogens with one attached hydrogen (secondary N) is 1. The summed E-state index contributed by atoms with van der Waals surface area (Å²) in [4.78, 5) is 39.6. The lowest BCUT2D eigenvalue weighted by atomic mass is 10.1. The van der Waals surface area contributed by atoms with Crippen LogP contribution in [0.25, 0.3) is 10.9 Å². The Bertz CT molecular complexity index is 943. The van der Waals surface area contributed by atoms with Gasteiger partial charge >= 0.3 is 5.97 Å². The maximum absolute atomic E-state index is 12.6. The lowest BCUT2D eigenvalue weighted by molar-refractivity contribution is -0.146. The van der Waals surface area contributed by atoms with Gasteiger partial charge in [0, 0.05) is 34.6 Å². The van der Waals surface area contributed by atoms with E-state index in [1.807, 2.05) is 30.3 Å². The number of fused-ring (bicyclic) bond motifs is 1. The van der Waals surface area contributed by atoms with Gasteiger partial charge in [-0.2, -0.15) is 0 Å². The number of hydrogen-bond donors (Lipinski definition) is 1. The van der Waals surface area contributed by atoms with Crippen molar-refractivity contribution in [2.24, 2.45) is 0 Å². The zero-order valence-electron chi connectivity index (χ0n) is 14.4. The fraction of sp³-hybridized carbons (Fsp3) is 0.190. The van der Waals surface area contributed by atoms with Crippen LogP contribution in [0, 0.1) is 0 Å². The van der Waals surface area contributed by atoms with Crippen molar-refractivity contribution in [2.45, 2.75) is 25.9 Å². The second kappa shape index (κ2) is 7.78. The number of aromatic nitrogens is 1. The number of esters is 1. The fourth-order valence-corrected chi connectivity index (χ4v) is 2.79. The molecule has 2 aromatic carbocycles. The molecule has 0 aliphatic heterocycles. The molecule has 26 heavy (non-hydrogen) atoms. The van der Waals surface area contributed by atoms with Gasteiger partial charge in [-0.25, -0.2) is 0 Å². The van der Waals surface area contributed by atoms with E-state index in [1.165, 1.54) is 0 Å². The molecule has 0 bridgehead atoms. The summed E-state index contributed by atoms with van der Waals surface area (Å²) in [7, 11) is 0. The quantitative estimate of drug-likeness (QED) is 0.518. The van der Waals surface area contributed by atoms with Gasteiger partial charge in [0.25, 0.3) is 0 Å². The van der Waals surface area contributed by atoms with Crippen molar-refractivity contribution < 1.29 is 19.1 Å². The number of hydrogen-bond acceptors (Lipinski definition) is 4. The highest BCUT2D eigenvalue weighted by atomic mass is 16.5. The molecule has 1 N–H and O–H groups in total. The summed E-state index contributed by atoms with van der Waals surface area (Å²) in [5.74, 6) is -0.960. The van der Waals surface area contributed by atoms with Crippen molar-refractivity contribution in [3.05, 3.63) is 71.9 Å². The normalized spacial score (nSPS) is 11.9. The Morgan fingerprint density at radius 1 is 0.962 bits per heavy atom. The van der Waals surface area contributed by atoms with E-state index in [0.717, 1.165) is 10.9 Å². The molecule has 1 atom stereocenters. The fourth-order valence-electron chi connectivity index (χ4n) is 2.79. The molecule has 0 radical (unpaired) electrons. The monoisotopic (exact) mass is 349 g/mol. The minimum absolute atomic E-state index is 0.0524. The smallest absolute Gasteiger partial charge is 0.306 e. The molecular formula is C21H19NO4. The summed E-state index contributed by atoms with van der Waals surface area (Å²) in [5, 5.41) is 0.791. The molecule has 0 aliphatic rings. The Balaban J connectivity index is 1.57. The number of ketones is 2. The number of benzene rings is 2. The first kappa shape index (κ1) is 17.6. The molecule has 1 aromatic heterocycles. The van der Waals surface area contributed by atoms with Gasteiger partial charge in [-0.3, -0.25) is 14.4 Å². The van der Waals surface area contributed by atoms with Crippen LogP contribution in [0.15, 0.2) is 60.8 Å². The van der Waals surface area contributed by atoms with E-state index in [0.29, 0.717) is 11.1 Å². The van der Waals surface area contributed by atoms with E-state index < -0.39 is 12.1 Å². The minimum atomic E-state index is -0.909. The molecule has 0 saturated carbocycles. The molecule has 5 heteroatoms. The van der Waals surface area contributed by atoms with Crippen LogP contribution >= 0.6 is 0 Å². The lowest BCUT2D eigenvalue weighted by Crippen LogP contribution is -2.24. The molecule has 1 unspecified atom stereocenters. The van der Waals surface area contributed by atoms with Crippen molar-refractivity contribution in [2.75, 3.05) is 0 Å². The molecule has 0 fully saturated rings. The molecule has 3 aromatic rings. The molecule has 0 spiro atoms. The molecule has 0 saturated heterocycles. The number of para-hydroxylation sites is 1. The third kappa shape index (κ3) is 3.88. The average Bonchev–Trinajstić information content (AvgIpc) is 3.10. The molecule has 0 amide bonds. The van der Waals surface area contributed by atoms with Crippen molar-refractivity contribution >= 4 is 28.4 Å². The lowest BCUT2D eigenvalue weighted by Gasteiger charge is -2.11. The Morgan fingerprint density at radius 2 is 1.65 bits per heavy atom. The minimum Gasteiger partial charge on any atom is -0.454 e. The van der Waals surface area contributed by atoms with E-state index in [9.17, 15) is 14.4 Å². The molecule has 5 nitrogen and oxygen atoms in total. The topological polar surface area (TPSA) is 76.2 Å². The highest BCUT2D eigenvalue weighted by Gasteiger charge is 2.22. The predicted molar refractivity (Wildman–Crippen MR) is 98.2 cm³/mol. The van der Waals surface area contributed by atoms with Gasteiger partial charge < -0.3 is 9.72 Å². The summed E-state index contributed by atoms with van der Waals surface area (Å²) in [6.07, 6.45) is 0.709. The second-order valence-corrected chi connectivity index (χ2v) is 6.03. The predicted octanol–water partition coefficient (Wildman–Crippen LogP) is 3.95. The Morgan fingerprint density at radius 3 is 2.42 bits per heavy atom. The van der Waals surface area contributed by atoms with E-state index in [-0.39, 0.29) is 24.4 Å². The van der Waals surface area contributed by atoms with Gasteiger partial charge in [0.2, 0.25) is 5.78 Å². The largest absolute Gasteiger partial charge is 0.454 e. The number of carbonyl (C=O) groups excluding carboxylic acids is 3. The summed E-state index contributed by atoms with van der Waals surface area (Å²) >= 11 is 0. The van der Waals surface area contributed by atoms with Crippen LogP contribution in [0.3, 0.4) is 0 Å². The standard InChI is InChI=1S/C21H19NO4/c1-14(21(25)17-13-22-18-10-6-5-9-16(17)18)26-20(24)12-11-19(23)15-7-3-2-4-8-15/h2-10,13-14,22H,11-12H2,1H3. The second-order valence-electron chi connectivity index (χ2n) is 6.03. The van der Waals surface area contributed by atoms with Crippen LogP contribution in [0.5, 0.6) is 0 Å². The maximum Gasteiger partial charge on any atom is 0.306 e. The third-order valence-corrected chi connectivity index (χ3v) is 4.18. The van der Waals surface area contributed by atoms with Crippen LogP contribution in [0.2, 0.25) is 0 Å². The Hall–Kier alpha value is -3.21. The van der Waals surface area contributed by atoms with Gasteiger partial charge in [-0.05, 0) is 13.0 Å². The Labute approximate surface area is 151 Å². The van der Waals surface area contributed by atoms with Crippen molar-refractivity contribution in [1.82, 2.24) is 4.98 Å². The summed E-state index contributed by atoms with van der Waals surface area (Å²) in [6.45, 7) is 1.54. The average molecular weight is 349 g/mol. The van der Waals surface area contributed by atoms with Gasteiger partial charge in [0.05, 0.1) is 6.42 Å². The van der Waals surface area contributed by atoms with E-state index in [1.54, 1.807) is 37.4 Å². The first-order valence-electron chi connectivity index (χ1n) is 8.44. The number of Topliss-reactive ketones (excluding diaryl/α,β-unsaturated/α-hetero) is 2. The van der Waals surface area contributed by atoms with Gasteiger partial charge in [-0.1, -0.05) is 48.5 Å². The number of rotatable bonds is 7. The van der Waals surface area contributed by atoms with Crippen LogP contribution in [0.1, 0.15) is 40.5 Å². The molecule has 0 aliphatic carbocycles. The SMILES string of the molecule is CC(OC(=O)CCC(=O)c1ccccc1)C(=O)c1c[nH]c2ccccc12. The van der Waals surface area contributed by atoms with Crippen LogP contribution in [-0.2, 0) is 9.53 Å². The summed E-state index contributed by atoms with van der Waals surface area (Å²) in [6, 6.07) is 16.2. The number of carbonyl (C=O) groups is 3. The summed E-state index contributed by atoms with van der Waals surface area (Å²) < 4.78 is 5.22. The molecule has 132 valence electrons. The number of ether oxygens (including phenoxy) is 1. The van der Waals surface area contributed by atoms with E-state index >= 15 is 0 Å². The van der Waals surface area contributed by atoms with Gasteiger partial charge in [-0.15, -0.1) is 0 Å². The Kier molecular flexibility index (Phi) is 5.27. The zero-order valence-corrected chi connectivity index (χ0v) is 14.4. The van der Waals surface area contributed by atoms with Crippen LogP contribution in [-0.4, -0.2) is 28.6 Å². The molecular weight excluding hydrogens is 330 g/mol. The van der Waals surface area contributed by atoms with Crippen molar-refractivity contribution in [3.8, 4) is 0 Å². The van der Waals surface area contributed by atoms with Crippen molar-refractivity contribution in [1.29, 1.82) is 0 Å². The van der Waals surface area contributed by atoms with E-state index in [2.05, 4.69) is 4.98 Å². The number of aromatic amines is 1.